The topological polar surface area (TPSA) is 96.0 Å². The summed E-state index contributed by atoms with van der Waals surface area (Å²) >= 11 is 0. The second-order valence-corrected chi connectivity index (χ2v) is 8.91. The Bertz CT molecular complexity index is 1400. The van der Waals surface area contributed by atoms with Gasteiger partial charge in [0.1, 0.15) is 18.1 Å². The van der Waals surface area contributed by atoms with Crippen molar-refractivity contribution in [2.75, 3.05) is 5.32 Å². The Balaban J connectivity index is 1.13. The van der Waals surface area contributed by atoms with Gasteiger partial charge in [0.05, 0.1) is 6.20 Å². The summed E-state index contributed by atoms with van der Waals surface area (Å²) in [6, 6.07) is 15.5. The lowest BCUT2D eigenvalue weighted by Gasteiger charge is -2.34. The fraction of sp³-hybridized carbons (Fsp3) is 0.231. The third kappa shape index (κ3) is 4.26. The van der Waals surface area contributed by atoms with E-state index >= 15 is 0 Å². The Labute approximate surface area is 205 Å². The van der Waals surface area contributed by atoms with Gasteiger partial charge in [-0.1, -0.05) is 24.3 Å². The number of nitrogens with one attached hydrogen (secondary N) is 2. The number of amides is 1. The summed E-state index contributed by atoms with van der Waals surface area (Å²) in [7, 11) is 0. The SMILES string of the molecule is O=C(OC1CC(F)C1F)N1Cc2ccc(-c3nccc(Nc4ccc(-c5cn[nH]c5)cc4)n3)cc2C1. The highest BCUT2D eigenvalue weighted by molar-refractivity contribution is 5.70. The second-order valence-electron chi connectivity index (χ2n) is 8.91. The van der Waals surface area contributed by atoms with Crippen LogP contribution in [0, 0.1) is 0 Å². The van der Waals surface area contributed by atoms with Gasteiger partial charge in [-0.25, -0.2) is 23.5 Å². The van der Waals surface area contributed by atoms with Crippen molar-refractivity contribution in [3.8, 4) is 22.5 Å². The quantitative estimate of drug-likeness (QED) is 0.402. The highest BCUT2D eigenvalue weighted by atomic mass is 19.2. The van der Waals surface area contributed by atoms with Crippen LogP contribution in [0.4, 0.5) is 25.1 Å². The fourth-order valence-electron chi connectivity index (χ4n) is 4.37. The first-order chi connectivity index (χ1) is 17.5. The van der Waals surface area contributed by atoms with Gasteiger partial charge >= 0.3 is 6.09 Å². The minimum atomic E-state index is -1.74. The Kier molecular flexibility index (Phi) is 5.55. The van der Waals surface area contributed by atoms with Crippen molar-refractivity contribution in [2.24, 2.45) is 0 Å². The van der Waals surface area contributed by atoms with E-state index in [9.17, 15) is 13.6 Å². The minimum Gasteiger partial charge on any atom is -0.443 e. The van der Waals surface area contributed by atoms with Crippen LogP contribution in [-0.2, 0) is 17.8 Å². The van der Waals surface area contributed by atoms with Crippen LogP contribution < -0.4 is 5.32 Å². The van der Waals surface area contributed by atoms with Crippen LogP contribution in [0.15, 0.2) is 67.1 Å². The molecule has 0 bridgehead atoms. The Morgan fingerprint density at radius 3 is 2.58 bits per heavy atom. The molecular formula is C26H22F2N6O2. The van der Waals surface area contributed by atoms with Crippen molar-refractivity contribution in [1.29, 1.82) is 0 Å². The molecule has 2 aliphatic rings. The predicted octanol–water partition coefficient (Wildman–Crippen LogP) is 5.18. The summed E-state index contributed by atoms with van der Waals surface area (Å²) in [6.45, 7) is 0.681. The average molecular weight is 488 g/mol. The normalized spacial score (nSPS) is 20.5. The number of rotatable bonds is 5. The molecule has 36 heavy (non-hydrogen) atoms. The van der Waals surface area contributed by atoms with Gasteiger partial charge in [-0.2, -0.15) is 5.10 Å². The zero-order valence-electron chi connectivity index (χ0n) is 19.1. The largest absolute Gasteiger partial charge is 0.443 e. The maximum absolute atomic E-state index is 13.5. The van der Waals surface area contributed by atoms with Crippen LogP contribution in [0.25, 0.3) is 22.5 Å². The maximum atomic E-state index is 13.5. The molecule has 0 saturated heterocycles. The first kappa shape index (κ1) is 22.1. The van der Waals surface area contributed by atoms with E-state index in [1.807, 2.05) is 48.7 Å². The summed E-state index contributed by atoms with van der Waals surface area (Å²) in [5.74, 6) is 1.19. The van der Waals surface area contributed by atoms with E-state index in [2.05, 4.69) is 25.5 Å². The first-order valence-corrected chi connectivity index (χ1v) is 11.6. The smallest absolute Gasteiger partial charge is 0.410 e. The molecule has 10 heteroatoms. The number of carbonyl (C=O) groups excluding carboxylic acids is 1. The second kappa shape index (κ2) is 9.03. The van der Waals surface area contributed by atoms with Gasteiger partial charge in [-0.15, -0.1) is 0 Å². The van der Waals surface area contributed by atoms with E-state index in [0.29, 0.717) is 24.7 Å². The number of ether oxygens (including phenoxy) is 1. The van der Waals surface area contributed by atoms with Crippen molar-refractivity contribution >= 4 is 17.6 Å². The van der Waals surface area contributed by atoms with E-state index < -0.39 is 24.5 Å². The number of halogens is 2. The number of alkyl halides is 2. The lowest BCUT2D eigenvalue weighted by atomic mass is 9.91. The minimum absolute atomic E-state index is 0.0892. The van der Waals surface area contributed by atoms with Crippen LogP contribution >= 0.6 is 0 Å². The van der Waals surface area contributed by atoms with Gasteiger partial charge in [-0.3, -0.25) is 10.00 Å². The summed E-state index contributed by atoms with van der Waals surface area (Å²) in [6.07, 6.45) is 0.287. The molecule has 2 N–H and O–H groups in total. The average Bonchev–Trinajstić information content (AvgIpc) is 3.59. The molecule has 3 unspecified atom stereocenters. The van der Waals surface area contributed by atoms with Gasteiger partial charge in [0.25, 0.3) is 0 Å². The number of benzene rings is 2. The number of anilines is 2. The maximum Gasteiger partial charge on any atom is 0.410 e. The first-order valence-electron chi connectivity index (χ1n) is 11.6. The lowest BCUT2D eigenvalue weighted by molar-refractivity contribution is -0.0819. The zero-order valence-corrected chi connectivity index (χ0v) is 19.1. The molecule has 1 amide bonds. The monoisotopic (exact) mass is 488 g/mol. The molecule has 1 saturated carbocycles. The fourth-order valence-corrected chi connectivity index (χ4v) is 4.37. The molecule has 6 rings (SSSR count). The van der Waals surface area contributed by atoms with Crippen molar-refractivity contribution in [2.45, 2.75) is 38.0 Å². The number of aromatic nitrogens is 4. The van der Waals surface area contributed by atoms with E-state index in [0.717, 1.165) is 33.5 Å². The van der Waals surface area contributed by atoms with Gasteiger partial charge in [0.2, 0.25) is 0 Å². The lowest BCUT2D eigenvalue weighted by Crippen LogP contribution is -2.49. The Morgan fingerprint density at radius 2 is 1.83 bits per heavy atom. The van der Waals surface area contributed by atoms with Crippen LogP contribution in [0.3, 0.4) is 0 Å². The highest BCUT2D eigenvalue weighted by Crippen LogP contribution is 2.33. The molecule has 1 aliphatic heterocycles. The molecule has 1 fully saturated rings. The number of nitrogens with zero attached hydrogens (tertiary/aromatic N) is 4. The van der Waals surface area contributed by atoms with E-state index in [4.69, 9.17) is 4.74 Å². The summed E-state index contributed by atoms with van der Waals surface area (Å²) < 4.78 is 31.6. The van der Waals surface area contributed by atoms with E-state index in [1.165, 1.54) is 4.90 Å². The van der Waals surface area contributed by atoms with Gasteiger partial charge in [0, 0.05) is 48.7 Å². The molecule has 1 aliphatic carbocycles. The van der Waals surface area contributed by atoms with E-state index in [1.54, 1.807) is 18.5 Å². The molecule has 2 aromatic heterocycles. The van der Waals surface area contributed by atoms with Crippen LogP contribution in [0.2, 0.25) is 0 Å². The number of aromatic amines is 1. The number of carbonyl (C=O) groups is 1. The third-order valence-electron chi connectivity index (χ3n) is 6.50. The number of hydrogen-bond acceptors (Lipinski definition) is 6. The van der Waals surface area contributed by atoms with Crippen LogP contribution in [0.5, 0.6) is 0 Å². The molecule has 0 radical (unpaired) electrons. The van der Waals surface area contributed by atoms with Crippen molar-refractivity contribution in [3.63, 3.8) is 0 Å². The molecule has 3 atom stereocenters. The van der Waals surface area contributed by atoms with E-state index in [-0.39, 0.29) is 6.42 Å². The zero-order chi connectivity index (χ0) is 24.6. The Morgan fingerprint density at radius 1 is 1.03 bits per heavy atom. The number of hydrogen-bond donors (Lipinski definition) is 2. The van der Waals surface area contributed by atoms with Crippen molar-refractivity contribution in [1.82, 2.24) is 25.1 Å². The van der Waals surface area contributed by atoms with Gasteiger partial charge < -0.3 is 10.1 Å². The molecule has 182 valence electrons. The van der Waals surface area contributed by atoms with Crippen molar-refractivity contribution < 1.29 is 18.3 Å². The number of fused-ring (bicyclic) bond motifs is 1. The van der Waals surface area contributed by atoms with Gasteiger partial charge in [-0.05, 0) is 41.0 Å². The summed E-state index contributed by atoms with van der Waals surface area (Å²) in [4.78, 5) is 22.9. The summed E-state index contributed by atoms with van der Waals surface area (Å²) in [5, 5.41) is 10.1. The molecular weight excluding hydrogens is 466 g/mol. The number of H-pyrrole nitrogens is 1. The van der Waals surface area contributed by atoms with Gasteiger partial charge in [0.15, 0.2) is 12.0 Å². The standard InChI is InChI=1S/C26H22F2N6O2/c27-21-10-22(24(21)28)36-26(35)34-13-17-2-1-16(9-18(17)14-34)25-29-8-7-23(33-25)32-20-5-3-15(4-6-20)19-11-30-31-12-19/h1-9,11-12,21-22,24H,10,13-14H2,(H,30,31)(H,29,32,33). The predicted molar refractivity (Wildman–Crippen MR) is 129 cm³/mol. The highest BCUT2D eigenvalue weighted by Gasteiger charge is 2.45. The molecule has 2 aromatic carbocycles. The van der Waals surface area contributed by atoms with Crippen LogP contribution in [0.1, 0.15) is 17.5 Å². The Hall–Kier alpha value is -4.34. The van der Waals surface area contributed by atoms with Crippen LogP contribution in [-0.4, -0.2) is 49.6 Å². The molecule has 4 aromatic rings. The third-order valence-corrected chi connectivity index (χ3v) is 6.50. The summed E-state index contributed by atoms with van der Waals surface area (Å²) in [5.41, 5.74) is 5.67. The molecule has 3 heterocycles. The molecule has 0 spiro atoms. The molecule has 8 nitrogen and oxygen atoms in total. The van der Waals surface area contributed by atoms with Crippen molar-refractivity contribution in [3.05, 3.63) is 78.2 Å².